The average molecular weight is 946 g/mol. The maximum Gasteiger partial charge on any atom is 0.0468 e. The van der Waals surface area contributed by atoms with Crippen LogP contribution in [0.1, 0.15) is 117 Å². The summed E-state index contributed by atoms with van der Waals surface area (Å²) in [7, 11) is 0. The molecule has 1 nitrogen and oxygen atoms in total. The molecule has 4 aliphatic carbocycles. The van der Waals surface area contributed by atoms with Gasteiger partial charge >= 0.3 is 0 Å². The molecule has 7 aromatic rings. The van der Waals surface area contributed by atoms with Gasteiger partial charge in [0.25, 0.3) is 0 Å². The molecule has 4 unspecified atom stereocenters. The normalized spacial score (nSPS) is 18.6. The number of nitrogens with zero attached hydrogens (tertiary/aromatic N) is 1. The minimum atomic E-state index is -0.0872. The minimum Gasteiger partial charge on any atom is -0.310 e. The third-order valence-electron chi connectivity index (χ3n) is 17.3. The summed E-state index contributed by atoms with van der Waals surface area (Å²) in [5.41, 5.74) is 23.0. The van der Waals surface area contributed by atoms with Crippen LogP contribution in [0.25, 0.3) is 27.8 Å². The zero-order valence-electron chi connectivity index (χ0n) is 43.5. The molecule has 4 aliphatic rings. The topological polar surface area (TPSA) is 3.24 Å². The van der Waals surface area contributed by atoms with Gasteiger partial charge in [-0.05, 0) is 178 Å². The van der Waals surface area contributed by atoms with Crippen molar-refractivity contribution < 1.29 is 0 Å². The molecule has 73 heavy (non-hydrogen) atoms. The number of allylic oxidation sites excluding steroid dienone is 12. The van der Waals surface area contributed by atoms with Crippen LogP contribution in [0.15, 0.2) is 230 Å². The number of anilines is 3. The Hall–Kier alpha value is -7.66. The Morgan fingerprint density at radius 3 is 2.07 bits per heavy atom. The standard InChI is InChI=1S/C72H67N/c1-7-71(6)67-32-22-20-30-60(67)63-44-42-59(49-70(63)71)73(57-28-18-13-19-29-57)58-41-40-55(39-35-52-24-14-12-15-25-52)66(48-58)64-47-56(38-34-50(64)4)65(51(5)54-26-16-10-11-17-27-54)46-53-36-43-62-61-31-21-23-33-68(61)72(8-2,9-3)69(62)45-37-53/h10-16,18-34,36-38,40-45,47-49,51,65,69H,7-9,17,46H2,1-6H3. The van der Waals surface area contributed by atoms with E-state index >= 15 is 0 Å². The Labute approximate surface area is 435 Å². The van der Waals surface area contributed by atoms with Crippen LogP contribution in [-0.4, -0.2) is 0 Å². The predicted octanol–water partition coefficient (Wildman–Crippen LogP) is 19.0. The van der Waals surface area contributed by atoms with E-state index in [1.54, 1.807) is 0 Å². The van der Waals surface area contributed by atoms with Crippen molar-refractivity contribution in [3.8, 4) is 34.1 Å². The molecule has 4 atom stereocenters. The summed E-state index contributed by atoms with van der Waals surface area (Å²) < 4.78 is 0. The van der Waals surface area contributed by atoms with Gasteiger partial charge in [-0.15, -0.1) is 0 Å². The molecule has 360 valence electrons. The highest BCUT2D eigenvalue weighted by atomic mass is 15.1. The van der Waals surface area contributed by atoms with Gasteiger partial charge in [0.1, 0.15) is 0 Å². The SMILES string of the molecule is CCC1(C)c2ccccc2-c2ccc(N(c3ccccc3)c3ccc(C#Cc4ccccc4)c(-c4cc(C(CC5=CC=C6c7ccccc7C(CC)(CC)C6C=C5)C(C)C5=CCC=CC=C5)ccc4C)c3)cc21. The van der Waals surface area contributed by atoms with Gasteiger partial charge in [-0.25, -0.2) is 0 Å². The van der Waals surface area contributed by atoms with Crippen molar-refractivity contribution in [2.24, 2.45) is 11.8 Å². The third-order valence-corrected chi connectivity index (χ3v) is 17.3. The Kier molecular flexibility index (Phi) is 13.1. The van der Waals surface area contributed by atoms with E-state index in [9.17, 15) is 0 Å². The molecule has 0 spiro atoms. The third kappa shape index (κ3) is 8.62. The summed E-state index contributed by atoms with van der Waals surface area (Å²) in [5, 5.41) is 0. The first-order valence-electron chi connectivity index (χ1n) is 26.9. The van der Waals surface area contributed by atoms with Crippen LogP contribution in [0.3, 0.4) is 0 Å². The number of aryl methyl sites for hydroxylation is 1. The zero-order valence-corrected chi connectivity index (χ0v) is 43.5. The van der Waals surface area contributed by atoms with E-state index in [1.807, 2.05) is 0 Å². The quantitative estimate of drug-likeness (QED) is 0.110. The second kappa shape index (κ2) is 20.1. The first kappa shape index (κ1) is 47.7. The van der Waals surface area contributed by atoms with Crippen molar-refractivity contribution >= 4 is 22.6 Å². The monoisotopic (exact) mass is 946 g/mol. The lowest BCUT2D eigenvalue weighted by atomic mass is 9.70. The highest BCUT2D eigenvalue weighted by Gasteiger charge is 2.46. The summed E-state index contributed by atoms with van der Waals surface area (Å²) in [6, 6.07) is 60.8. The van der Waals surface area contributed by atoms with Crippen molar-refractivity contribution in [3.63, 3.8) is 0 Å². The van der Waals surface area contributed by atoms with Gasteiger partial charge in [-0.2, -0.15) is 0 Å². The first-order valence-corrected chi connectivity index (χ1v) is 26.9. The van der Waals surface area contributed by atoms with Crippen molar-refractivity contribution in [1.29, 1.82) is 0 Å². The van der Waals surface area contributed by atoms with Gasteiger partial charge in [-0.1, -0.05) is 210 Å². The maximum atomic E-state index is 3.69. The zero-order chi connectivity index (χ0) is 50.1. The molecular formula is C72H67N. The lowest BCUT2D eigenvalue weighted by Crippen LogP contribution is -2.28. The smallest absolute Gasteiger partial charge is 0.0468 e. The molecule has 0 radical (unpaired) electrons. The maximum absolute atomic E-state index is 3.69. The fraction of sp³-hybridized carbons (Fsp3) is 0.222. The molecule has 7 aromatic carbocycles. The molecule has 0 saturated carbocycles. The molecule has 1 heteroatoms. The van der Waals surface area contributed by atoms with E-state index in [-0.39, 0.29) is 22.7 Å². The van der Waals surface area contributed by atoms with Crippen LogP contribution >= 0.6 is 0 Å². The number of hydrogen-bond donors (Lipinski definition) is 0. The second-order valence-corrected chi connectivity index (χ2v) is 21.0. The molecule has 0 aromatic heterocycles. The summed E-state index contributed by atoms with van der Waals surface area (Å²) >= 11 is 0. The van der Waals surface area contributed by atoms with E-state index in [2.05, 4.69) is 277 Å². The first-order chi connectivity index (χ1) is 35.7. The van der Waals surface area contributed by atoms with Gasteiger partial charge < -0.3 is 4.90 Å². The van der Waals surface area contributed by atoms with Gasteiger partial charge in [-0.3, -0.25) is 0 Å². The van der Waals surface area contributed by atoms with Crippen LogP contribution in [0.4, 0.5) is 17.1 Å². The Morgan fingerprint density at radius 2 is 1.29 bits per heavy atom. The summed E-state index contributed by atoms with van der Waals surface area (Å²) in [6.45, 7) is 14.2. The number of rotatable bonds is 12. The van der Waals surface area contributed by atoms with Gasteiger partial charge in [0.2, 0.25) is 0 Å². The lowest BCUT2D eigenvalue weighted by molar-refractivity contribution is 0.359. The number of benzene rings is 7. The minimum absolute atomic E-state index is 0.0872. The van der Waals surface area contributed by atoms with E-state index in [1.165, 1.54) is 66.8 Å². The van der Waals surface area contributed by atoms with Crippen LogP contribution in [0, 0.1) is 30.6 Å². The summed E-state index contributed by atoms with van der Waals surface area (Å²) in [6.07, 6.45) is 26.5. The molecule has 0 bridgehead atoms. The highest BCUT2D eigenvalue weighted by Crippen LogP contribution is 2.56. The largest absolute Gasteiger partial charge is 0.310 e. The fourth-order valence-corrected chi connectivity index (χ4v) is 12.9. The van der Waals surface area contributed by atoms with Crippen LogP contribution in [0.2, 0.25) is 0 Å². The second-order valence-electron chi connectivity index (χ2n) is 21.0. The lowest BCUT2D eigenvalue weighted by Gasteiger charge is -2.33. The fourth-order valence-electron chi connectivity index (χ4n) is 12.9. The van der Waals surface area contributed by atoms with E-state index in [0.29, 0.717) is 5.92 Å². The van der Waals surface area contributed by atoms with Crippen molar-refractivity contribution in [3.05, 3.63) is 274 Å². The molecule has 0 N–H and O–H groups in total. The van der Waals surface area contributed by atoms with Crippen molar-refractivity contribution in [1.82, 2.24) is 0 Å². The van der Waals surface area contributed by atoms with Crippen LogP contribution < -0.4 is 4.90 Å². The van der Waals surface area contributed by atoms with E-state index in [4.69, 9.17) is 0 Å². The predicted molar refractivity (Wildman–Crippen MR) is 311 cm³/mol. The Balaban J connectivity index is 1.05. The van der Waals surface area contributed by atoms with Crippen LogP contribution in [0.5, 0.6) is 0 Å². The molecule has 0 aliphatic heterocycles. The van der Waals surface area contributed by atoms with Gasteiger partial charge in [0.05, 0.1) is 0 Å². The Bertz CT molecular complexity index is 3470. The van der Waals surface area contributed by atoms with E-state index < -0.39 is 0 Å². The number of hydrogen-bond acceptors (Lipinski definition) is 1. The van der Waals surface area contributed by atoms with Crippen molar-refractivity contribution in [2.45, 2.75) is 90.4 Å². The molecule has 0 amide bonds. The van der Waals surface area contributed by atoms with Gasteiger partial charge in [0.15, 0.2) is 0 Å². The molecular weight excluding hydrogens is 879 g/mol. The van der Waals surface area contributed by atoms with Gasteiger partial charge in [0, 0.05) is 44.9 Å². The highest BCUT2D eigenvalue weighted by molar-refractivity contribution is 5.88. The summed E-state index contributed by atoms with van der Waals surface area (Å²) in [5.74, 6) is 8.07. The molecule has 11 rings (SSSR count). The number of fused-ring (bicyclic) bond motifs is 6. The summed E-state index contributed by atoms with van der Waals surface area (Å²) in [4.78, 5) is 2.44. The van der Waals surface area contributed by atoms with Crippen molar-refractivity contribution in [2.75, 3.05) is 4.90 Å². The molecule has 0 fully saturated rings. The average Bonchev–Trinajstić information content (AvgIpc) is 3.58. The van der Waals surface area contributed by atoms with E-state index in [0.717, 1.165) is 65.9 Å². The molecule has 0 heterocycles. The molecule has 0 saturated heterocycles. The number of para-hydroxylation sites is 1. The van der Waals surface area contributed by atoms with Crippen LogP contribution in [-0.2, 0) is 10.8 Å². The Morgan fingerprint density at radius 1 is 0.589 bits per heavy atom.